The van der Waals surface area contributed by atoms with Crippen molar-refractivity contribution in [2.75, 3.05) is 12.4 Å². The number of methoxy groups -OCH3 is 1. The van der Waals surface area contributed by atoms with Crippen LogP contribution >= 0.6 is 11.3 Å². The van der Waals surface area contributed by atoms with Crippen LogP contribution in [0.5, 0.6) is 0 Å². The summed E-state index contributed by atoms with van der Waals surface area (Å²) in [6.45, 7) is 1.86. The van der Waals surface area contributed by atoms with Gasteiger partial charge in [-0.25, -0.2) is 9.78 Å². The number of esters is 1. The van der Waals surface area contributed by atoms with Crippen molar-refractivity contribution in [3.8, 4) is 11.1 Å². The Hall–Kier alpha value is -3.78. The predicted molar refractivity (Wildman–Crippen MR) is 113 cm³/mol. The molecule has 0 radical (unpaired) electrons. The molecule has 1 amide bonds. The molecule has 3 aromatic heterocycles. The topological polar surface area (TPSA) is 98.5 Å². The molecule has 0 unspecified atom stereocenters. The van der Waals surface area contributed by atoms with Crippen molar-refractivity contribution in [3.63, 3.8) is 0 Å². The molecule has 7 nitrogen and oxygen atoms in total. The Morgan fingerprint density at radius 2 is 2.00 bits per heavy atom. The van der Waals surface area contributed by atoms with Crippen LogP contribution in [0.25, 0.3) is 21.4 Å². The number of fused-ring (bicyclic) bond motifs is 1. The first kappa shape index (κ1) is 19.5. The molecule has 30 heavy (non-hydrogen) atoms. The second kappa shape index (κ2) is 7.92. The predicted octanol–water partition coefficient (Wildman–Crippen LogP) is 4.72. The highest BCUT2D eigenvalue weighted by Gasteiger charge is 2.25. The molecule has 0 aliphatic carbocycles. The fourth-order valence-electron chi connectivity index (χ4n) is 3.09. The van der Waals surface area contributed by atoms with Gasteiger partial charge in [-0.2, -0.15) is 0 Å². The van der Waals surface area contributed by atoms with Crippen LogP contribution < -0.4 is 5.32 Å². The number of aldehydes is 1. The number of aromatic nitrogens is 1. The lowest BCUT2D eigenvalue weighted by atomic mass is 10.1. The molecule has 0 fully saturated rings. The highest BCUT2D eigenvalue weighted by Crippen LogP contribution is 2.40. The molecule has 3 heterocycles. The van der Waals surface area contributed by atoms with Gasteiger partial charge in [0.15, 0.2) is 6.29 Å². The molecule has 1 N–H and O–H groups in total. The van der Waals surface area contributed by atoms with E-state index in [4.69, 9.17) is 9.15 Å². The maximum absolute atomic E-state index is 12.5. The summed E-state index contributed by atoms with van der Waals surface area (Å²) in [7, 11) is 1.27. The molecule has 0 saturated heterocycles. The molecule has 0 saturated carbocycles. The Balaban J connectivity index is 1.68. The van der Waals surface area contributed by atoms with Crippen molar-refractivity contribution in [1.29, 1.82) is 0 Å². The van der Waals surface area contributed by atoms with Gasteiger partial charge < -0.3 is 14.5 Å². The van der Waals surface area contributed by atoms with Crippen molar-refractivity contribution >= 4 is 45.6 Å². The summed E-state index contributed by atoms with van der Waals surface area (Å²) in [5.74, 6) is -0.484. The van der Waals surface area contributed by atoms with Gasteiger partial charge in [-0.05, 0) is 30.7 Å². The van der Waals surface area contributed by atoms with E-state index in [2.05, 4.69) is 10.3 Å². The van der Waals surface area contributed by atoms with Crippen LogP contribution in [0.4, 0.5) is 5.82 Å². The van der Waals surface area contributed by atoms with E-state index in [0.29, 0.717) is 37.7 Å². The molecule has 1 aromatic carbocycles. The summed E-state index contributed by atoms with van der Waals surface area (Å²) in [5.41, 5.74) is 2.95. The molecule has 0 spiro atoms. The average molecular weight is 420 g/mol. The summed E-state index contributed by atoms with van der Waals surface area (Å²) in [6.07, 6.45) is 2.26. The van der Waals surface area contributed by atoms with Gasteiger partial charge >= 0.3 is 5.97 Å². The summed E-state index contributed by atoms with van der Waals surface area (Å²) in [5, 5.41) is 2.76. The van der Waals surface area contributed by atoms with Crippen LogP contribution in [-0.2, 0) is 4.74 Å². The third kappa shape index (κ3) is 3.48. The van der Waals surface area contributed by atoms with Gasteiger partial charge in [-0.1, -0.05) is 18.2 Å². The first-order valence-corrected chi connectivity index (χ1v) is 9.76. The summed E-state index contributed by atoms with van der Waals surface area (Å²) < 4.78 is 11.1. The van der Waals surface area contributed by atoms with E-state index in [-0.39, 0.29) is 11.7 Å². The van der Waals surface area contributed by atoms with E-state index in [1.54, 1.807) is 30.3 Å². The minimum atomic E-state index is -0.627. The number of furan rings is 1. The number of hydrogen-bond acceptors (Lipinski definition) is 7. The number of ether oxygens (including phenoxy) is 1. The summed E-state index contributed by atoms with van der Waals surface area (Å²) >= 11 is 1.21. The second-order valence-electron chi connectivity index (χ2n) is 6.46. The number of nitrogens with one attached hydrogen (secondary N) is 1. The maximum Gasteiger partial charge on any atom is 0.374 e. The molecule has 0 bridgehead atoms. The van der Waals surface area contributed by atoms with Gasteiger partial charge in [0.1, 0.15) is 11.4 Å². The van der Waals surface area contributed by atoms with E-state index in [1.165, 1.54) is 24.6 Å². The van der Waals surface area contributed by atoms with Crippen LogP contribution in [-0.4, -0.2) is 30.3 Å². The zero-order valence-corrected chi connectivity index (χ0v) is 16.9. The molecule has 8 heteroatoms. The van der Waals surface area contributed by atoms with E-state index < -0.39 is 5.97 Å². The fourth-order valence-corrected chi connectivity index (χ4v) is 4.05. The monoisotopic (exact) mass is 420 g/mol. The third-order valence-electron chi connectivity index (χ3n) is 4.55. The van der Waals surface area contributed by atoms with Gasteiger partial charge in [-0.15, -0.1) is 11.3 Å². The number of nitrogens with zero attached hydrogens (tertiary/aromatic N) is 1. The average Bonchev–Trinajstić information content (AvgIpc) is 3.31. The molecule has 0 aliphatic heterocycles. The first-order valence-electron chi connectivity index (χ1n) is 8.95. The Bertz CT molecular complexity index is 1270. The highest BCUT2D eigenvalue weighted by atomic mass is 32.1. The Labute approximate surface area is 175 Å². The third-order valence-corrected chi connectivity index (χ3v) is 5.61. The first-order chi connectivity index (χ1) is 14.5. The fraction of sp³-hybridized carbons (Fsp3) is 0.0909. The minimum absolute atomic E-state index is 0.0368. The lowest BCUT2D eigenvalue weighted by Crippen LogP contribution is -2.14. The number of carbonyl (C=O) groups excluding carboxylic acids is 3. The number of benzene rings is 1. The van der Waals surface area contributed by atoms with Gasteiger partial charge in [0.05, 0.1) is 22.3 Å². The largest absolute Gasteiger partial charge is 0.463 e. The van der Waals surface area contributed by atoms with Crippen molar-refractivity contribution in [2.45, 2.75) is 6.92 Å². The lowest BCUT2D eigenvalue weighted by Gasteiger charge is -2.08. The van der Waals surface area contributed by atoms with Crippen molar-refractivity contribution < 1.29 is 23.5 Å². The molecule has 0 aliphatic rings. The molecule has 0 atom stereocenters. The van der Waals surface area contributed by atoms with Crippen molar-refractivity contribution in [1.82, 2.24) is 4.98 Å². The van der Waals surface area contributed by atoms with Crippen LogP contribution in [0.1, 0.15) is 36.1 Å². The molecule has 150 valence electrons. The van der Waals surface area contributed by atoms with Crippen LogP contribution in [0, 0.1) is 6.92 Å². The van der Waals surface area contributed by atoms with Crippen LogP contribution in [0.3, 0.4) is 0 Å². The minimum Gasteiger partial charge on any atom is -0.463 e. The normalized spacial score (nSPS) is 10.7. The van der Waals surface area contributed by atoms with E-state index >= 15 is 0 Å². The quantitative estimate of drug-likeness (QED) is 0.371. The number of amides is 1. The Morgan fingerprint density at radius 3 is 2.67 bits per heavy atom. The maximum atomic E-state index is 12.5. The number of pyridine rings is 1. The zero-order chi connectivity index (χ0) is 21.3. The van der Waals surface area contributed by atoms with Gasteiger partial charge in [0.25, 0.3) is 5.91 Å². The second-order valence-corrected chi connectivity index (χ2v) is 7.54. The number of aryl methyl sites for hydroxylation is 1. The molecule has 4 rings (SSSR count). The smallest absolute Gasteiger partial charge is 0.374 e. The van der Waals surface area contributed by atoms with E-state index in [9.17, 15) is 14.4 Å². The zero-order valence-electron chi connectivity index (χ0n) is 16.1. The van der Waals surface area contributed by atoms with Crippen LogP contribution in [0.2, 0.25) is 0 Å². The number of thiophene rings is 1. The van der Waals surface area contributed by atoms with Gasteiger partial charge in [-0.3, -0.25) is 9.59 Å². The standard InChI is InChI=1S/C22H16N2O5S/c1-12-5-3-4-6-15(12)21(26)24-17-8-7-13(10-23-17)18-19(22(27)28-2)29-16-9-14(11-25)30-20(16)18/h3-11H,1-2H3,(H,23,24,26). The Morgan fingerprint density at radius 1 is 1.20 bits per heavy atom. The summed E-state index contributed by atoms with van der Waals surface area (Å²) in [6, 6.07) is 12.2. The van der Waals surface area contributed by atoms with Gasteiger partial charge in [0.2, 0.25) is 5.76 Å². The van der Waals surface area contributed by atoms with E-state index in [0.717, 1.165) is 11.8 Å². The SMILES string of the molecule is COC(=O)c1oc2cc(C=O)sc2c1-c1ccc(NC(=O)c2ccccc2C)nc1. The molecular weight excluding hydrogens is 404 g/mol. The van der Waals surface area contributed by atoms with Crippen molar-refractivity contribution in [3.05, 3.63) is 70.4 Å². The van der Waals surface area contributed by atoms with E-state index in [1.807, 2.05) is 19.1 Å². The highest BCUT2D eigenvalue weighted by molar-refractivity contribution is 7.21. The van der Waals surface area contributed by atoms with Crippen molar-refractivity contribution in [2.24, 2.45) is 0 Å². The lowest BCUT2D eigenvalue weighted by molar-refractivity contribution is 0.0568. The summed E-state index contributed by atoms with van der Waals surface area (Å²) in [4.78, 5) is 40.5. The molecule has 4 aromatic rings. The number of anilines is 1. The Kier molecular flexibility index (Phi) is 5.16. The number of rotatable bonds is 5. The number of carbonyl (C=O) groups is 3. The van der Waals surface area contributed by atoms with Gasteiger partial charge in [0, 0.05) is 23.4 Å². The molecular formula is C22H16N2O5S. The van der Waals surface area contributed by atoms with Crippen LogP contribution in [0.15, 0.2) is 53.1 Å². The number of hydrogen-bond donors (Lipinski definition) is 1.